The van der Waals surface area contributed by atoms with E-state index in [1.54, 1.807) is 30.3 Å². The number of carbonyl (C=O) groups is 1. The van der Waals surface area contributed by atoms with E-state index in [1.165, 1.54) is 12.1 Å². The van der Waals surface area contributed by atoms with E-state index in [4.69, 9.17) is 0 Å². The molecule has 5 nitrogen and oxygen atoms in total. The normalized spacial score (nSPS) is 16.9. The van der Waals surface area contributed by atoms with Crippen molar-refractivity contribution in [1.29, 1.82) is 0 Å². The fourth-order valence-electron chi connectivity index (χ4n) is 2.51. The van der Waals surface area contributed by atoms with Crippen LogP contribution in [0.5, 0.6) is 0 Å². The number of carbonyl (C=O) groups excluding carboxylic acids is 1. The van der Waals surface area contributed by atoms with Crippen LogP contribution in [0.3, 0.4) is 0 Å². The van der Waals surface area contributed by atoms with Gasteiger partial charge in [0, 0.05) is 31.3 Å². The Balaban J connectivity index is 1.76. The SMILES string of the molecule is CN(Cc1cn[nH]c1-c1ccc(F)cc1)C(=O)[C@@H]1C=CCN1. The third-order valence-electron chi connectivity index (χ3n) is 3.68. The zero-order chi connectivity index (χ0) is 15.5. The highest BCUT2D eigenvalue weighted by Crippen LogP contribution is 2.22. The maximum Gasteiger partial charge on any atom is 0.243 e. The Morgan fingerprint density at radius 3 is 2.86 bits per heavy atom. The minimum Gasteiger partial charge on any atom is -0.340 e. The largest absolute Gasteiger partial charge is 0.340 e. The van der Waals surface area contributed by atoms with Gasteiger partial charge in [-0.2, -0.15) is 5.10 Å². The topological polar surface area (TPSA) is 61.0 Å². The molecule has 0 radical (unpaired) electrons. The summed E-state index contributed by atoms with van der Waals surface area (Å²) in [5.74, 6) is -0.267. The van der Waals surface area contributed by atoms with Crippen molar-refractivity contribution in [3.63, 3.8) is 0 Å². The molecule has 1 aliphatic heterocycles. The van der Waals surface area contributed by atoms with E-state index in [2.05, 4.69) is 15.5 Å². The number of nitrogens with zero attached hydrogens (tertiary/aromatic N) is 2. The molecule has 114 valence electrons. The molecular formula is C16H17FN4O. The molecule has 0 spiro atoms. The van der Waals surface area contributed by atoms with E-state index in [1.807, 2.05) is 12.2 Å². The predicted molar refractivity (Wildman–Crippen MR) is 81.4 cm³/mol. The molecule has 0 unspecified atom stereocenters. The smallest absolute Gasteiger partial charge is 0.243 e. The summed E-state index contributed by atoms with van der Waals surface area (Å²) >= 11 is 0. The molecule has 22 heavy (non-hydrogen) atoms. The Morgan fingerprint density at radius 1 is 1.41 bits per heavy atom. The number of benzene rings is 1. The Labute approximate surface area is 127 Å². The molecule has 1 aromatic carbocycles. The van der Waals surface area contributed by atoms with Gasteiger partial charge in [-0.1, -0.05) is 12.2 Å². The minimum absolute atomic E-state index is 0.0139. The summed E-state index contributed by atoms with van der Waals surface area (Å²) in [5, 5.41) is 10.1. The number of aromatic nitrogens is 2. The zero-order valence-electron chi connectivity index (χ0n) is 12.2. The van der Waals surface area contributed by atoms with Crippen LogP contribution in [0.1, 0.15) is 5.56 Å². The lowest BCUT2D eigenvalue weighted by Crippen LogP contribution is -2.41. The number of nitrogens with one attached hydrogen (secondary N) is 2. The summed E-state index contributed by atoms with van der Waals surface area (Å²) in [5.41, 5.74) is 2.53. The van der Waals surface area contributed by atoms with Crippen LogP contribution in [-0.2, 0) is 11.3 Å². The molecule has 2 heterocycles. The molecule has 0 bridgehead atoms. The highest BCUT2D eigenvalue weighted by molar-refractivity contribution is 5.84. The van der Waals surface area contributed by atoms with Crippen molar-refractivity contribution in [2.75, 3.05) is 13.6 Å². The summed E-state index contributed by atoms with van der Waals surface area (Å²) in [6.45, 7) is 1.16. The first-order valence-corrected chi connectivity index (χ1v) is 7.08. The van der Waals surface area contributed by atoms with E-state index in [0.717, 1.165) is 23.4 Å². The average molecular weight is 300 g/mol. The first kappa shape index (κ1) is 14.5. The van der Waals surface area contributed by atoms with E-state index < -0.39 is 0 Å². The van der Waals surface area contributed by atoms with Crippen molar-refractivity contribution >= 4 is 5.91 Å². The first-order chi connectivity index (χ1) is 10.6. The number of likely N-dealkylation sites (N-methyl/N-ethyl adjacent to an activating group) is 1. The molecule has 0 saturated heterocycles. The number of rotatable bonds is 4. The Kier molecular flexibility index (Phi) is 4.02. The molecule has 3 rings (SSSR count). The molecule has 1 atom stereocenters. The lowest BCUT2D eigenvalue weighted by atomic mass is 10.1. The molecule has 1 aliphatic rings. The molecule has 2 aromatic rings. The van der Waals surface area contributed by atoms with Gasteiger partial charge in [-0.05, 0) is 24.3 Å². The van der Waals surface area contributed by atoms with Gasteiger partial charge in [-0.3, -0.25) is 15.2 Å². The van der Waals surface area contributed by atoms with Gasteiger partial charge in [0.1, 0.15) is 11.9 Å². The second-order valence-electron chi connectivity index (χ2n) is 5.29. The van der Waals surface area contributed by atoms with Crippen molar-refractivity contribution in [3.8, 4) is 11.3 Å². The van der Waals surface area contributed by atoms with E-state index in [9.17, 15) is 9.18 Å². The van der Waals surface area contributed by atoms with Crippen LogP contribution in [0.4, 0.5) is 4.39 Å². The number of H-pyrrole nitrogens is 1. The summed E-state index contributed by atoms with van der Waals surface area (Å²) in [6.07, 6.45) is 5.51. The zero-order valence-corrected chi connectivity index (χ0v) is 12.2. The Hall–Kier alpha value is -2.47. The fraction of sp³-hybridized carbons (Fsp3) is 0.250. The lowest BCUT2D eigenvalue weighted by Gasteiger charge is -2.20. The van der Waals surface area contributed by atoms with Crippen LogP contribution in [0.25, 0.3) is 11.3 Å². The van der Waals surface area contributed by atoms with E-state index in [0.29, 0.717) is 6.54 Å². The fourth-order valence-corrected chi connectivity index (χ4v) is 2.51. The highest BCUT2D eigenvalue weighted by atomic mass is 19.1. The van der Waals surface area contributed by atoms with Crippen molar-refractivity contribution in [3.05, 3.63) is 54.0 Å². The van der Waals surface area contributed by atoms with Crippen LogP contribution in [0.15, 0.2) is 42.6 Å². The quantitative estimate of drug-likeness (QED) is 0.845. The third kappa shape index (κ3) is 2.92. The van der Waals surface area contributed by atoms with Gasteiger partial charge in [0.05, 0.1) is 11.9 Å². The number of halogens is 1. The maximum atomic E-state index is 13.0. The molecule has 6 heteroatoms. The van der Waals surface area contributed by atoms with Gasteiger partial charge >= 0.3 is 0 Å². The van der Waals surface area contributed by atoms with Crippen molar-refractivity contribution in [2.24, 2.45) is 0 Å². The van der Waals surface area contributed by atoms with Crippen LogP contribution >= 0.6 is 0 Å². The maximum absolute atomic E-state index is 13.0. The lowest BCUT2D eigenvalue weighted by molar-refractivity contribution is -0.131. The average Bonchev–Trinajstić information content (AvgIpc) is 3.18. The van der Waals surface area contributed by atoms with Crippen molar-refractivity contribution < 1.29 is 9.18 Å². The highest BCUT2D eigenvalue weighted by Gasteiger charge is 2.22. The van der Waals surface area contributed by atoms with Gasteiger partial charge < -0.3 is 4.90 Å². The second kappa shape index (κ2) is 6.11. The van der Waals surface area contributed by atoms with Gasteiger partial charge in [0.25, 0.3) is 0 Å². The number of hydrogen-bond donors (Lipinski definition) is 2. The summed E-state index contributed by atoms with van der Waals surface area (Å²) in [4.78, 5) is 14.0. The van der Waals surface area contributed by atoms with Crippen LogP contribution in [0, 0.1) is 5.82 Å². The summed E-state index contributed by atoms with van der Waals surface area (Å²) < 4.78 is 13.0. The standard InChI is InChI=1S/C16H17FN4O/c1-21(16(22)14-3-2-8-18-14)10-12-9-19-20-15(12)11-4-6-13(17)7-5-11/h2-7,9,14,18H,8,10H2,1H3,(H,19,20)/t14-/m0/s1. The number of aromatic amines is 1. The van der Waals surface area contributed by atoms with E-state index in [-0.39, 0.29) is 17.8 Å². The summed E-state index contributed by atoms with van der Waals surface area (Å²) in [6, 6.07) is 5.93. The Bertz CT molecular complexity index is 692. The predicted octanol–water partition coefficient (Wildman–Crippen LogP) is 1.70. The van der Waals surface area contributed by atoms with Gasteiger partial charge in [-0.15, -0.1) is 0 Å². The van der Waals surface area contributed by atoms with Crippen molar-refractivity contribution in [1.82, 2.24) is 20.4 Å². The van der Waals surface area contributed by atoms with Gasteiger partial charge in [0.2, 0.25) is 5.91 Å². The van der Waals surface area contributed by atoms with E-state index >= 15 is 0 Å². The van der Waals surface area contributed by atoms with Crippen LogP contribution in [0.2, 0.25) is 0 Å². The number of hydrogen-bond acceptors (Lipinski definition) is 3. The molecule has 0 fully saturated rings. The Morgan fingerprint density at radius 2 is 2.18 bits per heavy atom. The van der Waals surface area contributed by atoms with Gasteiger partial charge in [0.15, 0.2) is 0 Å². The summed E-state index contributed by atoms with van der Waals surface area (Å²) in [7, 11) is 1.76. The van der Waals surface area contributed by atoms with Crippen LogP contribution in [-0.4, -0.2) is 40.6 Å². The van der Waals surface area contributed by atoms with Gasteiger partial charge in [-0.25, -0.2) is 4.39 Å². The number of amides is 1. The molecular weight excluding hydrogens is 283 g/mol. The molecule has 1 aromatic heterocycles. The first-order valence-electron chi connectivity index (χ1n) is 7.08. The molecule has 2 N–H and O–H groups in total. The van der Waals surface area contributed by atoms with Crippen molar-refractivity contribution in [2.45, 2.75) is 12.6 Å². The molecule has 0 saturated carbocycles. The second-order valence-corrected chi connectivity index (χ2v) is 5.29. The molecule has 1 amide bonds. The van der Waals surface area contributed by atoms with Crippen LogP contribution < -0.4 is 5.32 Å². The molecule has 0 aliphatic carbocycles. The third-order valence-corrected chi connectivity index (χ3v) is 3.68. The minimum atomic E-state index is -0.281. The monoisotopic (exact) mass is 300 g/mol.